The summed E-state index contributed by atoms with van der Waals surface area (Å²) in [5.41, 5.74) is 7.15. The Labute approximate surface area is 169 Å². The van der Waals surface area contributed by atoms with Gasteiger partial charge in [-0.1, -0.05) is 12.1 Å². The molecule has 3 aliphatic rings. The summed E-state index contributed by atoms with van der Waals surface area (Å²) >= 11 is 7.53. The predicted molar refractivity (Wildman–Crippen MR) is 105 cm³/mol. The molecule has 0 aliphatic heterocycles. The van der Waals surface area contributed by atoms with Crippen molar-refractivity contribution in [2.75, 3.05) is 0 Å². The van der Waals surface area contributed by atoms with Crippen LogP contribution in [0.5, 0.6) is 0 Å². The average molecular weight is 415 g/mol. The lowest BCUT2D eigenvalue weighted by molar-refractivity contribution is -0.117. The SMILES string of the molecule is NC(=O)Cc1cccc(-c2nc(C34CC(C3)C4)sc2-c2ccnc(Cl)n2)c1F. The number of carbonyl (C=O) groups excluding carboxylic acids is 1. The van der Waals surface area contributed by atoms with Crippen LogP contribution in [0.25, 0.3) is 21.8 Å². The van der Waals surface area contributed by atoms with Gasteiger partial charge < -0.3 is 5.73 Å². The zero-order valence-electron chi connectivity index (χ0n) is 14.8. The Bertz CT molecular complexity index is 1100. The van der Waals surface area contributed by atoms with E-state index in [1.165, 1.54) is 0 Å². The van der Waals surface area contributed by atoms with Gasteiger partial charge in [0.15, 0.2) is 0 Å². The predicted octanol–water partition coefficient (Wildman–Crippen LogP) is 4.14. The molecule has 142 valence electrons. The third-order valence-corrected chi connectivity index (χ3v) is 7.18. The summed E-state index contributed by atoms with van der Waals surface area (Å²) < 4.78 is 15.2. The van der Waals surface area contributed by atoms with Gasteiger partial charge in [0, 0.05) is 17.2 Å². The molecular formula is C20H16ClFN4OS. The van der Waals surface area contributed by atoms with E-state index in [2.05, 4.69) is 9.97 Å². The van der Waals surface area contributed by atoms with Crippen molar-refractivity contribution in [1.29, 1.82) is 0 Å². The number of nitrogens with two attached hydrogens (primary N) is 1. The largest absolute Gasteiger partial charge is 0.369 e. The molecule has 1 amide bonds. The number of rotatable bonds is 5. The summed E-state index contributed by atoms with van der Waals surface area (Å²) in [6.45, 7) is 0. The second-order valence-electron chi connectivity index (χ2n) is 7.59. The molecule has 2 N–H and O–H groups in total. The molecule has 5 nitrogen and oxygen atoms in total. The molecule has 0 spiro atoms. The van der Waals surface area contributed by atoms with Crippen LogP contribution in [0.4, 0.5) is 4.39 Å². The molecule has 3 aromatic rings. The van der Waals surface area contributed by atoms with E-state index in [1.54, 1.807) is 41.8 Å². The van der Waals surface area contributed by atoms with E-state index in [-0.39, 0.29) is 22.7 Å². The van der Waals surface area contributed by atoms with Crippen molar-refractivity contribution < 1.29 is 9.18 Å². The molecule has 3 saturated carbocycles. The smallest absolute Gasteiger partial charge is 0.222 e. The van der Waals surface area contributed by atoms with Crippen LogP contribution < -0.4 is 5.73 Å². The van der Waals surface area contributed by atoms with Gasteiger partial charge in [0.25, 0.3) is 0 Å². The van der Waals surface area contributed by atoms with Crippen molar-refractivity contribution in [3.63, 3.8) is 0 Å². The third kappa shape index (κ3) is 2.72. The molecular weight excluding hydrogens is 399 g/mol. The Morgan fingerprint density at radius 1 is 1.29 bits per heavy atom. The number of halogens is 2. The fraction of sp³-hybridized carbons (Fsp3) is 0.300. The molecule has 3 fully saturated rings. The Balaban J connectivity index is 1.67. The summed E-state index contributed by atoms with van der Waals surface area (Å²) in [5, 5.41) is 1.15. The van der Waals surface area contributed by atoms with Gasteiger partial charge in [0.05, 0.1) is 22.7 Å². The van der Waals surface area contributed by atoms with Crippen LogP contribution in [-0.2, 0) is 16.6 Å². The first-order valence-corrected chi connectivity index (χ1v) is 10.2. The lowest BCUT2D eigenvalue weighted by Crippen LogP contribution is -2.55. The van der Waals surface area contributed by atoms with Crippen LogP contribution in [0.15, 0.2) is 30.5 Å². The molecule has 28 heavy (non-hydrogen) atoms. The molecule has 8 heteroatoms. The van der Waals surface area contributed by atoms with Crippen molar-refractivity contribution in [3.05, 3.63) is 52.1 Å². The quantitative estimate of drug-likeness (QED) is 0.636. The lowest BCUT2D eigenvalue weighted by atomic mass is 9.45. The Kier molecular flexibility index (Phi) is 4.00. The van der Waals surface area contributed by atoms with E-state index in [0.717, 1.165) is 35.1 Å². The summed E-state index contributed by atoms with van der Waals surface area (Å²) in [6.07, 6.45) is 4.86. The summed E-state index contributed by atoms with van der Waals surface area (Å²) in [5.74, 6) is -0.247. The summed E-state index contributed by atoms with van der Waals surface area (Å²) in [7, 11) is 0. The highest BCUT2D eigenvalue weighted by Gasteiger charge is 2.59. The lowest BCUT2D eigenvalue weighted by Gasteiger charge is -2.60. The maximum Gasteiger partial charge on any atom is 0.222 e. The standard InChI is InChI=1S/C20H16ClFN4OS/c21-19-24-5-4-13(25-19)17-16(26-18(28-17)20-7-10(8-20)9-20)12-3-1-2-11(15(12)22)6-14(23)27/h1-5,10H,6-9H2,(H2,23,27). The Morgan fingerprint density at radius 3 is 2.71 bits per heavy atom. The molecule has 2 aromatic heterocycles. The van der Waals surface area contributed by atoms with Gasteiger partial charge in [0.1, 0.15) is 10.8 Å². The van der Waals surface area contributed by atoms with Crippen molar-refractivity contribution in [2.45, 2.75) is 31.1 Å². The highest BCUT2D eigenvalue weighted by atomic mass is 35.5. The average Bonchev–Trinajstić information content (AvgIpc) is 2.98. The molecule has 0 saturated heterocycles. The zero-order chi connectivity index (χ0) is 19.5. The highest BCUT2D eigenvalue weighted by molar-refractivity contribution is 7.15. The van der Waals surface area contributed by atoms with Gasteiger partial charge in [0.2, 0.25) is 11.2 Å². The Morgan fingerprint density at radius 2 is 2.07 bits per heavy atom. The molecule has 0 atom stereocenters. The maximum absolute atomic E-state index is 15.2. The normalized spacial score (nSPS) is 22.4. The minimum absolute atomic E-state index is 0.131. The number of hydrogen-bond acceptors (Lipinski definition) is 5. The van der Waals surface area contributed by atoms with E-state index in [0.29, 0.717) is 17.0 Å². The van der Waals surface area contributed by atoms with Crippen molar-refractivity contribution >= 4 is 28.8 Å². The third-order valence-electron chi connectivity index (χ3n) is 5.68. The topological polar surface area (TPSA) is 81.8 Å². The van der Waals surface area contributed by atoms with Crippen LogP contribution in [0.1, 0.15) is 29.8 Å². The number of carbonyl (C=O) groups is 1. The second kappa shape index (κ2) is 6.32. The summed E-state index contributed by atoms with van der Waals surface area (Å²) in [4.78, 5) is 25.2. The van der Waals surface area contributed by atoms with Crippen LogP contribution in [0.2, 0.25) is 5.28 Å². The van der Waals surface area contributed by atoms with Gasteiger partial charge in [-0.2, -0.15) is 0 Å². The van der Waals surface area contributed by atoms with Gasteiger partial charge >= 0.3 is 0 Å². The van der Waals surface area contributed by atoms with E-state index in [9.17, 15) is 4.79 Å². The first-order chi connectivity index (χ1) is 13.4. The van der Waals surface area contributed by atoms with Gasteiger partial charge in [-0.15, -0.1) is 11.3 Å². The van der Waals surface area contributed by atoms with Crippen LogP contribution >= 0.6 is 22.9 Å². The van der Waals surface area contributed by atoms with Crippen molar-refractivity contribution in [1.82, 2.24) is 15.0 Å². The fourth-order valence-electron chi connectivity index (χ4n) is 4.19. The Hall–Kier alpha value is -2.38. The first-order valence-electron chi connectivity index (χ1n) is 9.01. The molecule has 3 aliphatic carbocycles. The number of aromatic nitrogens is 3. The minimum atomic E-state index is -0.577. The van der Waals surface area contributed by atoms with Gasteiger partial charge in [-0.25, -0.2) is 19.3 Å². The fourth-order valence-corrected chi connectivity index (χ4v) is 5.61. The molecule has 2 bridgehead atoms. The summed E-state index contributed by atoms with van der Waals surface area (Å²) in [6, 6.07) is 6.71. The molecule has 0 radical (unpaired) electrons. The molecule has 1 aromatic carbocycles. The first kappa shape index (κ1) is 17.7. The molecule has 2 heterocycles. The number of nitrogens with zero attached hydrogens (tertiary/aromatic N) is 3. The van der Waals surface area contributed by atoms with Gasteiger partial charge in [-0.05, 0) is 54.5 Å². The number of benzene rings is 1. The number of amides is 1. The second-order valence-corrected chi connectivity index (χ2v) is 8.93. The number of thiazole rings is 1. The van der Waals surface area contributed by atoms with E-state index >= 15 is 4.39 Å². The van der Waals surface area contributed by atoms with Crippen molar-refractivity contribution in [3.8, 4) is 21.8 Å². The molecule has 0 unspecified atom stereocenters. The van der Waals surface area contributed by atoms with E-state index < -0.39 is 11.7 Å². The van der Waals surface area contributed by atoms with Crippen LogP contribution in [0.3, 0.4) is 0 Å². The number of hydrogen-bond donors (Lipinski definition) is 1. The van der Waals surface area contributed by atoms with E-state index in [1.807, 2.05) is 0 Å². The zero-order valence-corrected chi connectivity index (χ0v) is 16.4. The van der Waals surface area contributed by atoms with Crippen LogP contribution in [-0.4, -0.2) is 20.9 Å². The molecule has 6 rings (SSSR count). The van der Waals surface area contributed by atoms with E-state index in [4.69, 9.17) is 22.3 Å². The van der Waals surface area contributed by atoms with Crippen molar-refractivity contribution in [2.24, 2.45) is 11.7 Å². The minimum Gasteiger partial charge on any atom is -0.369 e. The number of primary amides is 1. The highest BCUT2D eigenvalue weighted by Crippen LogP contribution is 2.66. The maximum atomic E-state index is 15.2. The monoisotopic (exact) mass is 414 g/mol. The van der Waals surface area contributed by atoms with Gasteiger partial charge in [-0.3, -0.25) is 4.79 Å². The van der Waals surface area contributed by atoms with Crippen LogP contribution in [0, 0.1) is 11.7 Å².